The molecule has 2 aliphatic heterocycles. The molecule has 1 atom stereocenters. The van der Waals surface area contributed by atoms with Gasteiger partial charge in [0.15, 0.2) is 0 Å². The molecule has 1 aromatic rings. The molecule has 0 saturated heterocycles. The van der Waals surface area contributed by atoms with Gasteiger partial charge in [-0.15, -0.1) is 0 Å². The summed E-state index contributed by atoms with van der Waals surface area (Å²) < 4.78 is 0. The van der Waals surface area contributed by atoms with Crippen molar-refractivity contribution in [2.24, 2.45) is 5.92 Å². The summed E-state index contributed by atoms with van der Waals surface area (Å²) in [6, 6.07) is 7.11. The van der Waals surface area contributed by atoms with Crippen LogP contribution >= 0.6 is 0 Å². The molecule has 0 fully saturated rings. The van der Waals surface area contributed by atoms with Gasteiger partial charge in [0, 0.05) is 30.3 Å². The van der Waals surface area contributed by atoms with Crippen molar-refractivity contribution in [2.45, 2.75) is 39.2 Å². The Labute approximate surface area is 139 Å². The van der Waals surface area contributed by atoms with Gasteiger partial charge in [-0.3, -0.25) is 0 Å². The Morgan fingerprint density at radius 1 is 1.22 bits per heavy atom. The minimum atomic E-state index is 0.536. The Hall–Kier alpha value is -2.02. The van der Waals surface area contributed by atoms with Crippen LogP contribution in [-0.2, 0) is 6.54 Å². The molecule has 1 heteroatoms. The maximum absolute atomic E-state index is 2.51. The fourth-order valence-electron chi connectivity index (χ4n) is 3.90. The number of fused-ring (bicyclic) bond motifs is 3. The number of nitrogens with zero attached hydrogens (tertiary/aromatic N) is 1. The molecule has 1 aliphatic carbocycles. The van der Waals surface area contributed by atoms with E-state index in [1.165, 1.54) is 34.4 Å². The molecule has 1 unspecified atom stereocenters. The molecule has 0 amide bonds. The van der Waals surface area contributed by atoms with Crippen molar-refractivity contribution in [1.82, 2.24) is 4.90 Å². The predicted octanol–water partition coefficient (Wildman–Crippen LogP) is 5.43. The molecule has 0 N–H and O–H groups in total. The average molecular weight is 303 g/mol. The molecule has 1 nitrogen and oxygen atoms in total. The van der Waals surface area contributed by atoms with Gasteiger partial charge in [-0.1, -0.05) is 56.4 Å². The molecule has 2 heterocycles. The lowest BCUT2D eigenvalue weighted by Crippen LogP contribution is -2.19. The molecule has 0 saturated carbocycles. The van der Waals surface area contributed by atoms with Crippen LogP contribution < -0.4 is 0 Å². The van der Waals surface area contributed by atoms with E-state index in [2.05, 4.69) is 73.4 Å². The van der Waals surface area contributed by atoms with Gasteiger partial charge in [0.25, 0.3) is 0 Å². The second-order valence-corrected chi connectivity index (χ2v) is 7.36. The first-order chi connectivity index (χ1) is 11.2. The van der Waals surface area contributed by atoms with E-state index in [1.54, 1.807) is 0 Å². The lowest BCUT2D eigenvalue weighted by atomic mass is 9.90. The van der Waals surface area contributed by atoms with Gasteiger partial charge in [0.1, 0.15) is 0 Å². The van der Waals surface area contributed by atoms with E-state index in [9.17, 15) is 0 Å². The summed E-state index contributed by atoms with van der Waals surface area (Å²) in [5.74, 6) is 1.25. The maximum Gasteiger partial charge on any atom is 0.0451 e. The normalized spacial score (nSPS) is 22.0. The summed E-state index contributed by atoms with van der Waals surface area (Å²) in [6.07, 6.45) is 16.1. The van der Waals surface area contributed by atoms with E-state index in [1.807, 2.05) is 0 Å². The summed E-state index contributed by atoms with van der Waals surface area (Å²) >= 11 is 0. The highest BCUT2D eigenvalue weighted by Crippen LogP contribution is 2.38. The highest BCUT2D eigenvalue weighted by atomic mass is 15.2. The lowest BCUT2D eigenvalue weighted by Gasteiger charge is -2.24. The monoisotopic (exact) mass is 303 g/mol. The highest BCUT2D eigenvalue weighted by molar-refractivity contribution is 5.74. The van der Waals surface area contributed by atoms with E-state index in [0.29, 0.717) is 5.92 Å². The number of hydrogen-bond acceptors (Lipinski definition) is 1. The van der Waals surface area contributed by atoms with Crippen LogP contribution in [-0.4, -0.2) is 11.4 Å². The van der Waals surface area contributed by atoms with E-state index in [4.69, 9.17) is 0 Å². The van der Waals surface area contributed by atoms with Crippen LogP contribution in [0.5, 0.6) is 0 Å². The third kappa shape index (κ3) is 2.81. The van der Waals surface area contributed by atoms with Gasteiger partial charge in [-0.25, -0.2) is 0 Å². The minimum absolute atomic E-state index is 0.536. The molecule has 4 rings (SSSR count). The van der Waals surface area contributed by atoms with E-state index in [-0.39, 0.29) is 0 Å². The summed E-state index contributed by atoms with van der Waals surface area (Å²) in [5.41, 5.74) is 7.33. The molecular formula is C22H25N. The Kier molecular flexibility index (Phi) is 3.72. The van der Waals surface area contributed by atoms with Crippen molar-refractivity contribution < 1.29 is 0 Å². The van der Waals surface area contributed by atoms with Crippen LogP contribution in [0.4, 0.5) is 0 Å². The van der Waals surface area contributed by atoms with Gasteiger partial charge in [-0.2, -0.15) is 0 Å². The highest BCUT2D eigenvalue weighted by Gasteiger charge is 2.26. The van der Waals surface area contributed by atoms with Crippen LogP contribution in [0.15, 0.2) is 60.2 Å². The Bertz CT molecular complexity index is 730. The van der Waals surface area contributed by atoms with Crippen LogP contribution in [0.2, 0.25) is 0 Å². The fourth-order valence-corrected chi connectivity index (χ4v) is 3.90. The first-order valence-corrected chi connectivity index (χ1v) is 8.83. The van der Waals surface area contributed by atoms with Crippen molar-refractivity contribution in [2.75, 3.05) is 6.54 Å². The SMILES string of the molecule is CC(C)CC1=CCN2Cc3ccc(C4C=CC=CC4)cc3C2=C1. The molecule has 0 spiro atoms. The standard InChI is InChI=1S/C22H25N/c1-16(2)12-17-10-11-23-15-20-9-8-19(14-21(20)22(23)13-17)18-6-4-3-5-7-18/h3-6,8-10,13-14,16,18H,7,11-12,15H2,1-2H3. The van der Waals surface area contributed by atoms with Gasteiger partial charge >= 0.3 is 0 Å². The van der Waals surface area contributed by atoms with Crippen molar-refractivity contribution in [1.29, 1.82) is 0 Å². The Balaban J connectivity index is 1.66. The van der Waals surface area contributed by atoms with E-state index < -0.39 is 0 Å². The smallest absolute Gasteiger partial charge is 0.0451 e. The molecule has 0 bridgehead atoms. The van der Waals surface area contributed by atoms with Gasteiger partial charge in [0.2, 0.25) is 0 Å². The van der Waals surface area contributed by atoms with E-state index >= 15 is 0 Å². The third-order valence-electron chi connectivity index (χ3n) is 5.06. The van der Waals surface area contributed by atoms with E-state index in [0.717, 1.165) is 25.4 Å². The van der Waals surface area contributed by atoms with Crippen molar-refractivity contribution >= 4 is 5.70 Å². The Morgan fingerprint density at radius 2 is 2.13 bits per heavy atom. The largest absolute Gasteiger partial charge is 0.363 e. The van der Waals surface area contributed by atoms with Crippen LogP contribution in [0.1, 0.15) is 49.3 Å². The molecular weight excluding hydrogens is 278 g/mol. The number of allylic oxidation sites excluding steroid dienone is 6. The third-order valence-corrected chi connectivity index (χ3v) is 5.06. The number of benzene rings is 1. The predicted molar refractivity (Wildman–Crippen MR) is 98.0 cm³/mol. The molecule has 1 aromatic carbocycles. The Morgan fingerprint density at radius 3 is 2.91 bits per heavy atom. The van der Waals surface area contributed by atoms with Gasteiger partial charge in [0.05, 0.1) is 0 Å². The number of rotatable bonds is 3. The zero-order valence-electron chi connectivity index (χ0n) is 14.1. The van der Waals surface area contributed by atoms with Crippen molar-refractivity contribution in [3.8, 4) is 0 Å². The second-order valence-electron chi connectivity index (χ2n) is 7.36. The molecule has 118 valence electrons. The minimum Gasteiger partial charge on any atom is -0.363 e. The van der Waals surface area contributed by atoms with Gasteiger partial charge in [-0.05, 0) is 47.6 Å². The summed E-state index contributed by atoms with van der Waals surface area (Å²) in [5, 5.41) is 0. The summed E-state index contributed by atoms with van der Waals surface area (Å²) in [7, 11) is 0. The summed E-state index contributed by atoms with van der Waals surface area (Å²) in [4.78, 5) is 2.51. The zero-order valence-corrected chi connectivity index (χ0v) is 14.1. The molecule has 23 heavy (non-hydrogen) atoms. The molecule has 3 aliphatic rings. The first kappa shape index (κ1) is 14.6. The number of hydrogen-bond donors (Lipinski definition) is 0. The molecule has 0 radical (unpaired) electrons. The second kappa shape index (κ2) is 5.88. The lowest BCUT2D eigenvalue weighted by molar-refractivity contribution is 0.447. The van der Waals surface area contributed by atoms with Crippen molar-refractivity contribution in [3.05, 3.63) is 76.9 Å². The first-order valence-electron chi connectivity index (χ1n) is 8.83. The quantitative estimate of drug-likeness (QED) is 0.719. The maximum atomic E-state index is 2.51. The average Bonchev–Trinajstić information content (AvgIpc) is 2.92. The van der Waals surface area contributed by atoms with Gasteiger partial charge < -0.3 is 4.90 Å². The fraction of sp³-hybridized carbons (Fsp3) is 0.364. The van der Waals surface area contributed by atoms with Crippen LogP contribution in [0.25, 0.3) is 5.70 Å². The zero-order chi connectivity index (χ0) is 15.8. The molecule has 0 aromatic heterocycles. The van der Waals surface area contributed by atoms with Crippen LogP contribution in [0.3, 0.4) is 0 Å². The topological polar surface area (TPSA) is 3.24 Å². The van der Waals surface area contributed by atoms with Crippen LogP contribution in [0, 0.1) is 5.92 Å². The summed E-state index contributed by atoms with van der Waals surface area (Å²) in [6.45, 7) is 6.72. The van der Waals surface area contributed by atoms with Crippen molar-refractivity contribution in [3.63, 3.8) is 0 Å².